The van der Waals surface area contributed by atoms with Gasteiger partial charge in [-0.25, -0.2) is 0 Å². The molecule has 2 aromatic rings. The molecule has 0 spiro atoms. The smallest absolute Gasteiger partial charge is 0.416 e. The first-order valence-electron chi connectivity index (χ1n) is 6.12. The molecule has 0 aliphatic rings. The van der Waals surface area contributed by atoms with Crippen LogP contribution in [-0.4, -0.2) is 7.11 Å². The van der Waals surface area contributed by atoms with E-state index in [-0.39, 0.29) is 12.4 Å². The van der Waals surface area contributed by atoms with E-state index in [1.54, 1.807) is 18.2 Å². The number of alkyl halides is 3. The third-order valence-electron chi connectivity index (χ3n) is 2.86. The topological polar surface area (TPSA) is 44.5 Å². The molecular formula is C15H14F3NO2. The van der Waals surface area contributed by atoms with Gasteiger partial charge in [0.1, 0.15) is 18.1 Å². The lowest BCUT2D eigenvalue weighted by atomic mass is 10.2. The monoisotopic (exact) mass is 297 g/mol. The highest BCUT2D eigenvalue weighted by molar-refractivity contribution is 5.47. The minimum atomic E-state index is -4.39. The molecule has 0 unspecified atom stereocenters. The summed E-state index contributed by atoms with van der Waals surface area (Å²) < 4.78 is 48.4. The van der Waals surface area contributed by atoms with E-state index in [9.17, 15) is 13.2 Å². The van der Waals surface area contributed by atoms with E-state index in [0.717, 1.165) is 12.1 Å². The maximum absolute atomic E-state index is 12.6. The molecule has 2 aromatic carbocycles. The van der Waals surface area contributed by atoms with Crippen LogP contribution in [0.5, 0.6) is 11.5 Å². The molecule has 2 N–H and O–H groups in total. The summed E-state index contributed by atoms with van der Waals surface area (Å²) in [4.78, 5) is 0. The average molecular weight is 297 g/mol. The van der Waals surface area contributed by atoms with Crippen molar-refractivity contribution in [2.24, 2.45) is 0 Å². The van der Waals surface area contributed by atoms with Crippen LogP contribution in [0.1, 0.15) is 11.1 Å². The van der Waals surface area contributed by atoms with E-state index in [2.05, 4.69) is 0 Å². The molecule has 21 heavy (non-hydrogen) atoms. The van der Waals surface area contributed by atoms with Crippen LogP contribution in [0.25, 0.3) is 0 Å². The summed E-state index contributed by atoms with van der Waals surface area (Å²) in [6.07, 6.45) is -4.39. The molecule has 0 fully saturated rings. The Balaban J connectivity index is 2.15. The van der Waals surface area contributed by atoms with Crippen molar-refractivity contribution in [3.05, 3.63) is 53.6 Å². The maximum Gasteiger partial charge on any atom is 0.416 e. The van der Waals surface area contributed by atoms with Gasteiger partial charge in [-0.15, -0.1) is 0 Å². The van der Waals surface area contributed by atoms with Gasteiger partial charge in [0.15, 0.2) is 0 Å². The molecule has 0 saturated heterocycles. The summed E-state index contributed by atoms with van der Waals surface area (Å²) in [6, 6.07) is 9.73. The van der Waals surface area contributed by atoms with Gasteiger partial charge in [-0.05, 0) is 36.4 Å². The van der Waals surface area contributed by atoms with Crippen molar-refractivity contribution in [1.29, 1.82) is 0 Å². The number of nitrogen functional groups attached to an aromatic ring is 1. The van der Waals surface area contributed by atoms with Crippen LogP contribution in [0, 0.1) is 0 Å². The molecule has 0 bridgehead atoms. The van der Waals surface area contributed by atoms with Crippen molar-refractivity contribution in [2.75, 3.05) is 12.8 Å². The Labute approximate surface area is 120 Å². The first-order chi connectivity index (χ1) is 9.90. The zero-order valence-electron chi connectivity index (χ0n) is 11.3. The van der Waals surface area contributed by atoms with Gasteiger partial charge in [0, 0.05) is 11.3 Å². The number of hydrogen-bond acceptors (Lipinski definition) is 3. The van der Waals surface area contributed by atoms with Crippen LogP contribution in [0.3, 0.4) is 0 Å². The molecule has 0 saturated carbocycles. The maximum atomic E-state index is 12.6. The molecular weight excluding hydrogens is 283 g/mol. The van der Waals surface area contributed by atoms with E-state index in [1.807, 2.05) is 0 Å². The SMILES string of the molecule is COc1ccc(N)cc1COc1cccc(C(F)(F)F)c1. The zero-order chi connectivity index (χ0) is 15.5. The van der Waals surface area contributed by atoms with Crippen LogP contribution in [0.15, 0.2) is 42.5 Å². The van der Waals surface area contributed by atoms with Crippen LogP contribution in [0.4, 0.5) is 18.9 Å². The van der Waals surface area contributed by atoms with Gasteiger partial charge in [0.2, 0.25) is 0 Å². The fourth-order valence-corrected chi connectivity index (χ4v) is 1.83. The predicted molar refractivity (Wildman–Crippen MR) is 73.2 cm³/mol. The van der Waals surface area contributed by atoms with Gasteiger partial charge in [0.25, 0.3) is 0 Å². The summed E-state index contributed by atoms with van der Waals surface area (Å²) >= 11 is 0. The number of methoxy groups -OCH3 is 1. The van der Waals surface area contributed by atoms with Crippen molar-refractivity contribution >= 4 is 5.69 Å². The number of benzene rings is 2. The Bertz CT molecular complexity index is 627. The molecule has 3 nitrogen and oxygen atoms in total. The standard InChI is InChI=1S/C15H14F3NO2/c1-20-14-6-5-12(19)7-10(14)9-21-13-4-2-3-11(8-13)15(16,17)18/h2-8H,9,19H2,1H3. The quantitative estimate of drug-likeness (QED) is 0.871. The number of hydrogen-bond donors (Lipinski definition) is 1. The second kappa shape index (κ2) is 5.95. The van der Waals surface area contributed by atoms with Crippen molar-refractivity contribution in [3.63, 3.8) is 0 Å². The predicted octanol–water partition coefficient (Wildman–Crippen LogP) is 3.88. The molecule has 0 heterocycles. The number of ether oxygens (including phenoxy) is 2. The summed E-state index contributed by atoms with van der Waals surface area (Å²) in [5.74, 6) is 0.700. The van der Waals surface area contributed by atoms with Crippen LogP contribution >= 0.6 is 0 Å². The largest absolute Gasteiger partial charge is 0.496 e. The fraction of sp³-hybridized carbons (Fsp3) is 0.200. The molecule has 2 rings (SSSR count). The molecule has 0 atom stereocenters. The van der Waals surface area contributed by atoms with E-state index in [1.165, 1.54) is 19.2 Å². The van der Waals surface area contributed by atoms with Gasteiger partial charge in [-0.2, -0.15) is 13.2 Å². The van der Waals surface area contributed by atoms with Crippen LogP contribution in [0.2, 0.25) is 0 Å². The molecule has 0 amide bonds. The van der Waals surface area contributed by atoms with Gasteiger partial charge in [-0.3, -0.25) is 0 Å². The minimum Gasteiger partial charge on any atom is -0.496 e. The van der Waals surface area contributed by atoms with E-state index >= 15 is 0 Å². The van der Waals surface area contributed by atoms with Gasteiger partial charge in [-0.1, -0.05) is 6.07 Å². The summed E-state index contributed by atoms with van der Waals surface area (Å²) in [5, 5.41) is 0. The average Bonchev–Trinajstić information content (AvgIpc) is 2.45. The molecule has 0 radical (unpaired) electrons. The molecule has 0 aliphatic carbocycles. The third kappa shape index (κ3) is 3.81. The number of halogens is 3. The summed E-state index contributed by atoms with van der Waals surface area (Å²) in [6.45, 7) is 0.0650. The second-order valence-electron chi connectivity index (χ2n) is 4.39. The van der Waals surface area contributed by atoms with E-state index < -0.39 is 11.7 Å². The van der Waals surface area contributed by atoms with Gasteiger partial charge in [0.05, 0.1) is 12.7 Å². The van der Waals surface area contributed by atoms with Crippen LogP contribution < -0.4 is 15.2 Å². The Morgan fingerprint density at radius 3 is 2.52 bits per heavy atom. The summed E-state index contributed by atoms with van der Waals surface area (Å²) in [5.41, 5.74) is 6.11. The lowest BCUT2D eigenvalue weighted by Gasteiger charge is -2.12. The molecule has 6 heteroatoms. The van der Waals surface area contributed by atoms with E-state index in [0.29, 0.717) is 17.0 Å². The molecule has 0 aliphatic heterocycles. The highest BCUT2D eigenvalue weighted by atomic mass is 19.4. The second-order valence-corrected chi connectivity index (χ2v) is 4.39. The van der Waals surface area contributed by atoms with Crippen molar-refractivity contribution in [2.45, 2.75) is 12.8 Å². The van der Waals surface area contributed by atoms with E-state index in [4.69, 9.17) is 15.2 Å². The van der Waals surface area contributed by atoms with Crippen molar-refractivity contribution in [3.8, 4) is 11.5 Å². The van der Waals surface area contributed by atoms with Gasteiger partial charge < -0.3 is 15.2 Å². The van der Waals surface area contributed by atoms with Crippen LogP contribution in [-0.2, 0) is 12.8 Å². The fourth-order valence-electron chi connectivity index (χ4n) is 1.83. The highest BCUT2D eigenvalue weighted by Crippen LogP contribution is 2.31. The molecule has 112 valence electrons. The zero-order valence-corrected chi connectivity index (χ0v) is 11.3. The number of rotatable bonds is 4. The van der Waals surface area contributed by atoms with Crippen molar-refractivity contribution in [1.82, 2.24) is 0 Å². The Morgan fingerprint density at radius 2 is 1.86 bits per heavy atom. The first-order valence-corrected chi connectivity index (χ1v) is 6.12. The Hall–Kier alpha value is -2.37. The highest BCUT2D eigenvalue weighted by Gasteiger charge is 2.30. The Morgan fingerprint density at radius 1 is 1.10 bits per heavy atom. The third-order valence-corrected chi connectivity index (χ3v) is 2.86. The normalized spacial score (nSPS) is 11.2. The number of anilines is 1. The Kier molecular flexibility index (Phi) is 4.26. The van der Waals surface area contributed by atoms with Crippen molar-refractivity contribution < 1.29 is 22.6 Å². The lowest BCUT2D eigenvalue weighted by Crippen LogP contribution is -2.05. The number of nitrogens with two attached hydrogens (primary N) is 1. The summed E-state index contributed by atoms with van der Waals surface area (Å²) in [7, 11) is 1.50. The lowest BCUT2D eigenvalue weighted by molar-refractivity contribution is -0.137. The first kappa shape index (κ1) is 15.0. The minimum absolute atomic E-state index is 0.0650. The van der Waals surface area contributed by atoms with Gasteiger partial charge >= 0.3 is 6.18 Å². The molecule has 0 aromatic heterocycles.